The second-order valence-corrected chi connectivity index (χ2v) is 7.38. The first-order chi connectivity index (χ1) is 15.6. The third-order valence-corrected chi connectivity index (χ3v) is 5.16. The summed E-state index contributed by atoms with van der Waals surface area (Å²) in [5, 5.41) is 0. The van der Waals surface area contributed by atoms with E-state index in [-0.39, 0.29) is 18.6 Å². The molecular formula is C24H26N4O4. The number of hydrogen-bond acceptors (Lipinski definition) is 7. The number of rotatable bonds is 7. The van der Waals surface area contributed by atoms with Gasteiger partial charge in [-0.2, -0.15) is 0 Å². The van der Waals surface area contributed by atoms with Crippen LogP contribution in [0.4, 0.5) is 5.82 Å². The van der Waals surface area contributed by atoms with Gasteiger partial charge in [-0.3, -0.25) is 4.79 Å². The summed E-state index contributed by atoms with van der Waals surface area (Å²) in [6, 6.07) is 17.1. The highest BCUT2D eigenvalue weighted by atomic mass is 16.5. The van der Waals surface area contributed by atoms with Crippen LogP contribution in [0.2, 0.25) is 0 Å². The van der Waals surface area contributed by atoms with E-state index in [0.29, 0.717) is 49.1 Å². The molecule has 8 heteroatoms. The molecular weight excluding hydrogens is 408 g/mol. The minimum atomic E-state index is -0.232. The highest BCUT2D eigenvalue weighted by Crippen LogP contribution is 2.34. The van der Waals surface area contributed by atoms with E-state index < -0.39 is 0 Å². The van der Waals surface area contributed by atoms with Crippen LogP contribution in [0.3, 0.4) is 0 Å². The van der Waals surface area contributed by atoms with E-state index in [9.17, 15) is 4.79 Å². The average molecular weight is 434 g/mol. The van der Waals surface area contributed by atoms with Crippen molar-refractivity contribution in [3.63, 3.8) is 0 Å². The van der Waals surface area contributed by atoms with Crippen molar-refractivity contribution in [3.8, 4) is 28.5 Å². The quantitative estimate of drug-likeness (QED) is 0.607. The van der Waals surface area contributed by atoms with Crippen molar-refractivity contribution in [1.82, 2.24) is 14.9 Å². The number of nitrogen functional groups attached to an aromatic ring is 1. The molecule has 0 radical (unpaired) electrons. The average Bonchev–Trinajstić information content (AvgIpc) is 2.84. The van der Waals surface area contributed by atoms with E-state index in [0.717, 1.165) is 11.3 Å². The fourth-order valence-corrected chi connectivity index (χ4v) is 3.52. The van der Waals surface area contributed by atoms with Crippen LogP contribution in [0.1, 0.15) is 13.3 Å². The standard InChI is InChI=1S/C24H26N4O4/c1-2-21(29)28-12-13-30-20(14-28)15-31-24-22(23(25)26-16-27-24)17-8-10-19(11-9-17)32-18-6-4-3-5-7-18/h3-11,16,20H,2,12-15H2,1H3,(H2,25,26,27)/t20-/m0/s1. The number of morpholine rings is 1. The van der Waals surface area contributed by atoms with Gasteiger partial charge in [-0.1, -0.05) is 37.3 Å². The van der Waals surface area contributed by atoms with Gasteiger partial charge in [0.1, 0.15) is 36.4 Å². The van der Waals surface area contributed by atoms with Crippen LogP contribution in [-0.2, 0) is 9.53 Å². The van der Waals surface area contributed by atoms with E-state index in [4.69, 9.17) is 19.9 Å². The molecule has 2 heterocycles. The van der Waals surface area contributed by atoms with Gasteiger partial charge in [0, 0.05) is 13.0 Å². The number of aromatic nitrogens is 2. The minimum Gasteiger partial charge on any atom is -0.474 e. The normalized spacial score (nSPS) is 15.9. The number of hydrogen-bond donors (Lipinski definition) is 1. The van der Waals surface area contributed by atoms with E-state index >= 15 is 0 Å². The van der Waals surface area contributed by atoms with Crippen molar-refractivity contribution in [3.05, 3.63) is 60.9 Å². The summed E-state index contributed by atoms with van der Waals surface area (Å²) < 4.78 is 17.6. The summed E-state index contributed by atoms with van der Waals surface area (Å²) in [5.74, 6) is 2.27. The minimum absolute atomic E-state index is 0.114. The molecule has 2 N–H and O–H groups in total. The Morgan fingerprint density at radius 1 is 1.12 bits per heavy atom. The predicted octanol–water partition coefficient (Wildman–Crippen LogP) is 3.53. The van der Waals surface area contributed by atoms with Crippen molar-refractivity contribution in [2.45, 2.75) is 19.4 Å². The van der Waals surface area contributed by atoms with Gasteiger partial charge in [-0.05, 0) is 29.8 Å². The SMILES string of the molecule is CCC(=O)N1CCO[C@H](COc2ncnc(N)c2-c2ccc(Oc3ccccc3)cc2)C1. The molecule has 0 bridgehead atoms. The van der Waals surface area contributed by atoms with Gasteiger partial charge in [0.25, 0.3) is 0 Å². The Labute approximate surface area is 187 Å². The molecule has 32 heavy (non-hydrogen) atoms. The van der Waals surface area contributed by atoms with Crippen molar-refractivity contribution >= 4 is 11.7 Å². The number of para-hydroxylation sites is 1. The lowest BCUT2D eigenvalue weighted by Gasteiger charge is -2.32. The fraction of sp³-hybridized carbons (Fsp3) is 0.292. The number of nitrogens with two attached hydrogens (primary N) is 1. The van der Waals surface area contributed by atoms with Gasteiger partial charge in [0.2, 0.25) is 11.8 Å². The van der Waals surface area contributed by atoms with Crippen LogP contribution in [0.5, 0.6) is 17.4 Å². The highest BCUT2D eigenvalue weighted by Gasteiger charge is 2.24. The van der Waals surface area contributed by atoms with Crippen molar-refractivity contribution in [2.75, 3.05) is 32.0 Å². The molecule has 4 rings (SSSR count). The number of anilines is 1. The summed E-state index contributed by atoms with van der Waals surface area (Å²) in [7, 11) is 0. The Balaban J connectivity index is 1.46. The first kappa shape index (κ1) is 21.6. The van der Waals surface area contributed by atoms with Gasteiger partial charge < -0.3 is 24.8 Å². The lowest BCUT2D eigenvalue weighted by atomic mass is 10.1. The Kier molecular flexibility index (Phi) is 6.81. The molecule has 1 fully saturated rings. The fourth-order valence-electron chi connectivity index (χ4n) is 3.52. The van der Waals surface area contributed by atoms with Crippen molar-refractivity contribution in [1.29, 1.82) is 0 Å². The molecule has 8 nitrogen and oxygen atoms in total. The molecule has 0 saturated carbocycles. The smallest absolute Gasteiger partial charge is 0.226 e. The number of amides is 1. The lowest BCUT2D eigenvalue weighted by molar-refractivity contribution is -0.139. The number of ether oxygens (including phenoxy) is 3. The zero-order chi connectivity index (χ0) is 22.3. The number of carbonyl (C=O) groups is 1. The maximum Gasteiger partial charge on any atom is 0.226 e. The first-order valence-corrected chi connectivity index (χ1v) is 10.6. The first-order valence-electron chi connectivity index (χ1n) is 10.6. The van der Waals surface area contributed by atoms with Gasteiger partial charge in [-0.25, -0.2) is 9.97 Å². The van der Waals surface area contributed by atoms with E-state index in [1.807, 2.05) is 61.5 Å². The molecule has 1 atom stereocenters. The molecule has 1 saturated heterocycles. The molecule has 1 amide bonds. The van der Waals surface area contributed by atoms with E-state index in [2.05, 4.69) is 9.97 Å². The van der Waals surface area contributed by atoms with Gasteiger partial charge in [-0.15, -0.1) is 0 Å². The summed E-state index contributed by atoms with van der Waals surface area (Å²) >= 11 is 0. The van der Waals surface area contributed by atoms with Crippen molar-refractivity contribution < 1.29 is 19.0 Å². The van der Waals surface area contributed by atoms with Crippen LogP contribution >= 0.6 is 0 Å². The zero-order valence-corrected chi connectivity index (χ0v) is 17.9. The van der Waals surface area contributed by atoms with Crippen LogP contribution in [0.25, 0.3) is 11.1 Å². The summed E-state index contributed by atoms with van der Waals surface area (Å²) in [6.45, 7) is 3.70. The third kappa shape index (κ3) is 5.15. The van der Waals surface area contributed by atoms with Crippen molar-refractivity contribution in [2.24, 2.45) is 0 Å². The number of nitrogens with zero attached hydrogens (tertiary/aromatic N) is 3. The molecule has 3 aromatic rings. The Morgan fingerprint density at radius 2 is 1.88 bits per heavy atom. The van der Waals surface area contributed by atoms with Gasteiger partial charge in [0.05, 0.1) is 18.7 Å². The number of carbonyl (C=O) groups excluding carboxylic acids is 1. The van der Waals surface area contributed by atoms with Crippen LogP contribution in [0.15, 0.2) is 60.9 Å². The predicted molar refractivity (Wildman–Crippen MR) is 121 cm³/mol. The van der Waals surface area contributed by atoms with Gasteiger partial charge >= 0.3 is 0 Å². The molecule has 0 aliphatic carbocycles. The second-order valence-electron chi connectivity index (χ2n) is 7.38. The lowest BCUT2D eigenvalue weighted by Crippen LogP contribution is -2.47. The molecule has 1 aliphatic heterocycles. The monoisotopic (exact) mass is 434 g/mol. The van der Waals surface area contributed by atoms with E-state index in [1.54, 1.807) is 4.90 Å². The Bertz CT molecular complexity index is 1040. The maximum absolute atomic E-state index is 12.0. The largest absolute Gasteiger partial charge is 0.474 e. The molecule has 2 aromatic carbocycles. The topological polar surface area (TPSA) is 99.8 Å². The molecule has 1 aliphatic rings. The zero-order valence-electron chi connectivity index (χ0n) is 17.9. The molecule has 0 spiro atoms. The molecule has 166 valence electrons. The van der Waals surface area contributed by atoms with Crippen LogP contribution < -0.4 is 15.2 Å². The Morgan fingerprint density at radius 3 is 2.62 bits per heavy atom. The summed E-state index contributed by atoms with van der Waals surface area (Å²) in [6.07, 6.45) is 1.62. The van der Waals surface area contributed by atoms with Crippen LogP contribution in [-0.4, -0.2) is 53.2 Å². The third-order valence-electron chi connectivity index (χ3n) is 5.16. The summed E-state index contributed by atoms with van der Waals surface area (Å²) in [4.78, 5) is 22.2. The molecule has 1 aromatic heterocycles. The summed E-state index contributed by atoms with van der Waals surface area (Å²) in [5.41, 5.74) is 7.58. The van der Waals surface area contributed by atoms with E-state index in [1.165, 1.54) is 6.33 Å². The molecule has 0 unspecified atom stereocenters. The maximum atomic E-state index is 12.0. The highest BCUT2D eigenvalue weighted by molar-refractivity contribution is 5.78. The Hall–Kier alpha value is -3.65. The van der Waals surface area contributed by atoms with Gasteiger partial charge in [0.15, 0.2) is 0 Å². The van der Waals surface area contributed by atoms with Crippen LogP contribution in [0, 0.1) is 0 Å². The number of benzene rings is 2. The second kappa shape index (κ2) is 10.1.